The second-order valence-corrected chi connectivity index (χ2v) is 19.3. The van der Waals surface area contributed by atoms with E-state index in [0.29, 0.717) is 25.7 Å². The largest absolute Gasteiger partial charge is 0.454 e. The Balaban J connectivity index is 1.04. The quantitative estimate of drug-likeness (QED) is 0.0578. The third-order valence-corrected chi connectivity index (χ3v) is 14.9. The Morgan fingerprint density at radius 3 is 1.78 bits per heavy atom. The molecule has 7 fully saturated rings. The molecule has 67 heavy (non-hydrogen) atoms. The first-order chi connectivity index (χ1) is 31.9. The first-order valence-electron chi connectivity index (χ1n) is 23.5. The van der Waals surface area contributed by atoms with Crippen molar-refractivity contribution in [2.45, 2.75) is 212 Å². The molecule has 4 heterocycles. The van der Waals surface area contributed by atoms with Crippen LogP contribution in [0.4, 0.5) is 0 Å². The Labute approximate surface area is 388 Å². The molecular weight excluding hydrogens is 896 g/mol. The maximum atomic E-state index is 12.7. The van der Waals surface area contributed by atoms with E-state index in [0.717, 1.165) is 0 Å². The van der Waals surface area contributed by atoms with Crippen LogP contribution in [0.1, 0.15) is 64.7 Å². The molecule has 0 aromatic carbocycles. The van der Waals surface area contributed by atoms with E-state index in [1.54, 1.807) is 6.08 Å². The first kappa shape index (κ1) is 53.2. The summed E-state index contributed by atoms with van der Waals surface area (Å²) < 4.78 is 59.5. The van der Waals surface area contributed by atoms with Gasteiger partial charge in [0.25, 0.3) is 0 Å². The molecular formula is C44H72O23. The third-order valence-electron chi connectivity index (χ3n) is 14.9. The fourth-order valence-electron chi connectivity index (χ4n) is 10.9. The van der Waals surface area contributed by atoms with Crippen molar-refractivity contribution in [3.63, 3.8) is 0 Å². The second-order valence-electron chi connectivity index (χ2n) is 19.3. The average Bonchev–Trinajstić information content (AvgIpc) is 3.31. The first-order valence-corrected chi connectivity index (χ1v) is 23.5. The van der Waals surface area contributed by atoms with Gasteiger partial charge in [0.1, 0.15) is 67.1 Å². The van der Waals surface area contributed by atoms with Crippen molar-refractivity contribution in [1.82, 2.24) is 0 Å². The third kappa shape index (κ3) is 12.0. The minimum Gasteiger partial charge on any atom is -0.454 e. The lowest BCUT2D eigenvalue weighted by Crippen LogP contribution is -2.64. The van der Waals surface area contributed by atoms with E-state index >= 15 is 0 Å². The van der Waals surface area contributed by atoms with Crippen LogP contribution in [0.25, 0.3) is 0 Å². The second kappa shape index (κ2) is 23.3. The summed E-state index contributed by atoms with van der Waals surface area (Å²) in [5.41, 5.74) is 0. The summed E-state index contributed by atoms with van der Waals surface area (Å²) in [4.78, 5) is 12.7. The van der Waals surface area contributed by atoms with Gasteiger partial charge in [0, 0.05) is 32.6 Å². The molecule has 8 unspecified atom stereocenters. The number of hydrogen-bond donors (Lipinski definition) is 12. The van der Waals surface area contributed by atoms with Gasteiger partial charge in [-0.05, 0) is 70.1 Å². The van der Waals surface area contributed by atoms with Gasteiger partial charge in [-0.15, -0.1) is 0 Å². The molecule has 4 aliphatic heterocycles. The predicted octanol–water partition coefficient (Wildman–Crippen LogP) is -4.40. The number of fused-ring (bicyclic) bond motifs is 1. The number of carbonyl (C=O) groups excluding carboxylic acids is 1. The summed E-state index contributed by atoms with van der Waals surface area (Å²) in [7, 11) is 2.90. The van der Waals surface area contributed by atoms with Crippen LogP contribution in [0.15, 0.2) is 12.2 Å². The van der Waals surface area contributed by atoms with Crippen molar-refractivity contribution in [3.05, 3.63) is 12.2 Å². The molecule has 23 nitrogen and oxygen atoms in total. The van der Waals surface area contributed by atoms with Crippen LogP contribution in [-0.4, -0.2) is 242 Å². The number of carbonyl (C=O) groups is 1. The van der Waals surface area contributed by atoms with E-state index in [2.05, 4.69) is 0 Å². The molecule has 386 valence electrons. The highest BCUT2D eigenvalue weighted by Crippen LogP contribution is 2.45. The van der Waals surface area contributed by atoms with Crippen molar-refractivity contribution in [1.29, 1.82) is 0 Å². The maximum absolute atomic E-state index is 12.7. The summed E-state index contributed by atoms with van der Waals surface area (Å²) in [5.74, 6) is -1.70. The van der Waals surface area contributed by atoms with Gasteiger partial charge in [-0.1, -0.05) is 6.08 Å². The highest BCUT2D eigenvalue weighted by molar-refractivity contribution is 5.82. The van der Waals surface area contributed by atoms with Crippen LogP contribution in [-0.2, 0) is 52.2 Å². The minimum absolute atomic E-state index is 0.0203. The van der Waals surface area contributed by atoms with Crippen molar-refractivity contribution < 1.29 is 113 Å². The van der Waals surface area contributed by atoms with E-state index in [1.807, 2.05) is 0 Å². The number of ether oxygens (including phenoxy) is 10. The number of aliphatic hydroxyl groups excluding tert-OH is 12. The van der Waals surface area contributed by atoms with Crippen molar-refractivity contribution in [2.24, 2.45) is 17.8 Å². The molecule has 0 spiro atoms. The van der Waals surface area contributed by atoms with Gasteiger partial charge in [0.2, 0.25) is 0 Å². The molecule has 0 aromatic rings. The Kier molecular flexibility index (Phi) is 18.5. The summed E-state index contributed by atoms with van der Waals surface area (Å²) in [5, 5.41) is 129. The van der Waals surface area contributed by atoms with Gasteiger partial charge in [0.15, 0.2) is 25.0 Å². The summed E-state index contributed by atoms with van der Waals surface area (Å²) >= 11 is 0. The fourth-order valence-corrected chi connectivity index (χ4v) is 10.9. The Morgan fingerprint density at radius 1 is 0.582 bits per heavy atom. The van der Waals surface area contributed by atoms with E-state index in [-0.39, 0.29) is 44.1 Å². The molecule has 23 heteroatoms. The van der Waals surface area contributed by atoms with E-state index in [1.165, 1.54) is 27.2 Å². The molecule has 12 N–H and O–H groups in total. The van der Waals surface area contributed by atoms with Gasteiger partial charge < -0.3 is 109 Å². The average molecular weight is 969 g/mol. The number of aliphatic hydroxyl groups is 12. The van der Waals surface area contributed by atoms with Crippen molar-refractivity contribution >= 4 is 5.97 Å². The van der Waals surface area contributed by atoms with Crippen LogP contribution < -0.4 is 0 Å². The minimum atomic E-state index is -1.85. The molecule has 7 aliphatic rings. The topological polar surface area (TPSA) is 352 Å². The van der Waals surface area contributed by atoms with Crippen LogP contribution in [0, 0.1) is 17.8 Å². The molecule has 23 atom stereocenters. The Hall–Kier alpha value is -1.63. The number of methoxy groups -OCH3 is 2. The lowest BCUT2D eigenvalue weighted by Gasteiger charge is -2.53. The highest BCUT2D eigenvalue weighted by Gasteiger charge is 2.55. The van der Waals surface area contributed by atoms with Gasteiger partial charge in [-0.2, -0.15) is 0 Å². The smallest absolute Gasteiger partial charge is 0.330 e. The Morgan fingerprint density at radius 2 is 1.16 bits per heavy atom. The zero-order valence-corrected chi connectivity index (χ0v) is 37.9. The molecule has 0 bridgehead atoms. The predicted molar refractivity (Wildman–Crippen MR) is 222 cm³/mol. The molecule has 3 saturated carbocycles. The van der Waals surface area contributed by atoms with Crippen molar-refractivity contribution in [2.75, 3.05) is 27.4 Å². The Bertz CT molecular complexity index is 1570. The van der Waals surface area contributed by atoms with E-state index in [9.17, 15) is 66.1 Å². The highest BCUT2D eigenvalue weighted by atomic mass is 16.7. The van der Waals surface area contributed by atoms with Crippen LogP contribution in [0.2, 0.25) is 0 Å². The lowest BCUT2D eigenvalue weighted by atomic mass is 9.72. The van der Waals surface area contributed by atoms with E-state index < -0.39 is 172 Å². The summed E-state index contributed by atoms with van der Waals surface area (Å²) in [6.45, 7) is 0.243. The molecule has 7 rings (SSSR count). The lowest BCUT2D eigenvalue weighted by molar-refractivity contribution is -0.352. The normalized spacial score (nSPS) is 51.0. The van der Waals surface area contributed by atoms with Gasteiger partial charge in [-0.25, -0.2) is 4.79 Å². The standard InChI is InChI=1S/C44H72O23/c1-17-40(67-30(48)9-6-18-4-7-20(46)8-5-18)36(54)39(57)42(61-17)60-16-29-33(51)35(53)38(56)44(66-29)64-27-14-22-23(62-41(27)19-10-25(58-2)31(49)26(11-19)59-3)12-21(47)13-24(22)63-43-37(55)34(52)32(50)28(15-45)65-43/h6,9,17-29,31-47,49-57H,4-5,7-8,10-16H2,1-3H3/t17-,18?,19?,20?,21?,22?,23?,24?,25?,26?,27?,28+,29+,31?,32+,33+,34-,35-,36-,37+,38+,39+,40-,41?,42+,43+,44+/m0/s1. The van der Waals surface area contributed by atoms with Gasteiger partial charge in [-0.3, -0.25) is 0 Å². The number of esters is 1. The monoisotopic (exact) mass is 968 g/mol. The van der Waals surface area contributed by atoms with Crippen LogP contribution >= 0.6 is 0 Å². The van der Waals surface area contributed by atoms with Crippen LogP contribution in [0.5, 0.6) is 0 Å². The molecule has 0 aromatic heterocycles. The van der Waals surface area contributed by atoms with Gasteiger partial charge in [0.05, 0.1) is 68.1 Å². The summed E-state index contributed by atoms with van der Waals surface area (Å²) in [6.07, 6.45) is -24.3. The maximum Gasteiger partial charge on any atom is 0.330 e. The number of allylic oxidation sites excluding steroid dienone is 1. The van der Waals surface area contributed by atoms with Crippen LogP contribution in [0.3, 0.4) is 0 Å². The zero-order chi connectivity index (χ0) is 48.4. The molecule has 0 radical (unpaired) electrons. The zero-order valence-electron chi connectivity index (χ0n) is 37.9. The SMILES string of the molecule is COC1CC(C2OC3CC(O)CC(O[C@@H]4O[C@H](CO)[C@@H](O)[C@H](O)[C@H]4O)C3CC2O[C@@H]2O[C@H](CO[C@@H]3O[C@@H](C)[C@H](OC(=O)C=CC4CCC(O)CC4)[C@@H](O)[C@H]3O)[C@@H](O)[C@H](O)[C@H]2O)CC(OC)C1O. The summed E-state index contributed by atoms with van der Waals surface area (Å²) in [6, 6.07) is 0. The molecule has 0 amide bonds. The number of hydrogen-bond acceptors (Lipinski definition) is 23. The van der Waals surface area contributed by atoms with Crippen molar-refractivity contribution in [3.8, 4) is 0 Å². The molecule has 4 saturated heterocycles. The van der Waals surface area contributed by atoms with E-state index in [4.69, 9.17) is 47.4 Å². The number of rotatable bonds is 14. The van der Waals surface area contributed by atoms with Gasteiger partial charge >= 0.3 is 5.97 Å². The fraction of sp³-hybridized carbons (Fsp3) is 0.932. The molecule has 3 aliphatic carbocycles.